The molecule has 0 aliphatic heterocycles. The van der Waals surface area contributed by atoms with Crippen molar-refractivity contribution in [1.29, 1.82) is 0 Å². The molecule has 0 amide bonds. The Morgan fingerprint density at radius 2 is 1.87 bits per heavy atom. The second-order valence-electron chi connectivity index (χ2n) is 8.94. The summed E-state index contributed by atoms with van der Waals surface area (Å²) in [7, 11) is 0. The molecule has 2 aliphatic rings. The first-order valence-corrected chi connectivity index (χ1v) is 10.8. The molecule has 2 rings (SSSR count). The van der Waals surface area contributed by atoms with Gasteiger partial charge in [0.25, 0.3) is 0 Å². The summed E-state index contributed by atoms with van der Waals surface area (Å²) in [6.45, 7) is 9.54. The highest BCUT2D eigenvalue weighted by molar-refractivity contribution is 4.95. The maximum Gasteiger partial charge on any atom is -0.0325 e. The summed E-state index contributed by atoms with van der Waals surface area (Å²) in [5.41, 5.74) is 0. The molecule has 23 heavy (non-hydrogen) atoms. The Hall–Kier alpha value is -0.260. The van der Waals surface area contributed by atoms with Gasteiger partial charge >= 0.3 is 0 Å². The summed E-state index contributed by atoms with van der Waals surface area (Å²) >= 11 is 0. The predicted molar refractivity (Wildman–Crippen MR) is 104 cm³/mol. The Morgan fingerprint density at radius 1 is 1.09 bits per heavy atom. The lowest BCUT2D eigenvalue weighted by molar-refractivity contribution is 0.0434. The van der Waals surface area contributed by atoms with Gasteiger partial charge in [-0.2, -0.15) is 0 Å². The first-order valence-electron chi connectivity index (χ1n) is 10.8. The van der Waals surface area contributed by atoms with Crippen LogP contribution in [0, 0.1) is 35.5 Å². The van der Waals surface area contributed by atoms with Crippen molar-refractivity contribution in [1.82, 2.24) is 0 Å². The van der Waals surface area contributed by atoms with Gasteiger partial charge in [-0.15, -0.1) is 0 Å². The van der Waals surface area contributed by atoms with Crippen LogP contribution in [0.3, 0.4) is 0 Å². The number of unbranched alkanes of at least 4 members (excludes halogenated alkanes) is 1. The van der Waals surface area contributed by atoms with Crippen LogP contribution in [0.2, 0.25) is 0 Å². The SMILES string of the molecule is C/C=C\CC(C)CCCCC(CC)CC(C)C1CC2CCCC21. The van der Waals surface area contributed by atoms with E-state index in [1.807, 2.05) is 0 Å². The second kappa shape index (κ2) is 9.90. The molecule has 0 heteroatoms. The zero-order valence-corrected chi connectivity index (χ0v) is 16.4. The zero-order valence-electron chi connectivity index (χ0n) is 16.4. The smallest absolute Gasteiger partial charge is 0.0325 e. The number of hydrogen-bond acceptors (Lipinski definition) is 0. The minimum atomic E-state index is 0.875. The summed E-state index contributed by atoms with van der Waals surface area (Å²) in [5, 5.41) is 0. The maximum absolute atomic E-state index is 2.57. The van der Waals surface area contributed by atoms with Gasteiger partial charge in [-0.25, -0.2) is 0 Å². The summed E-state index contributed by atoms with van der Waals surface area (Å²) in [4.78, 5) is 0. The van der Waals surface area contributed by atoms with E-state index in [0.717, 1.165) is 35.5 Å². The van der Waals surface area contributed by atoms with Crippen LogP contribution in [-0.2, 0) is 0 Å². The van der Waals surface area contributed by atoms with Crippen molar-refractivity contribution in [3.8, 4) is 0 Å². The highest BCUT2D eigenvalue weighted by Gasteiger charge is 2.45. The van der Waals surface area contributed by atoms with Crippen LogP contribution in [0.15, 0.2) is 12.2 Å². The number of rotatable bonds is 11. The molecule has 0 bridgehead atoms. The van der Waals surface area contributed by atoms with Gasteiger partial charge in [0.05, 0.1) is 0 Å². The van der Waals surface area contributed by atoms with Crippen molar-refractivity contribution >= 4 is 0 Å². The molecular weight excluding hydrogens is 276 g/mol. The quantitative estimate of drug-likeness (QED) is 0.271. The van der Waals surface area contributed by atoms with E-state index >= 15 is 0 Å². The van der Waals surface area contributed by atoms with Crippen LogP contribution < -0.4 is 0 Å². The van der Waals surface area contributed by atoms with E-state index in [0.29, 0.717) is 0 Å². The fourth-order valence-electron chi connectivity index (χ4n) is 5.51. The van der Waals surface area contributed by atoms with Crippen LogP contribution in [0.4, 0.5) is 0 Å². The highest BCUT2D eigenvalue weighted by atomic mass is 14.5. The molecule has 2 saturated carbocycles. The second-order valence-corrected chi connectivity index (χ2v) is 8.94. The number of allylic oxidation sites excluding steroid dienone is 2. The van der Waals surface area contributed by atoms with Crippen molar-refractivity contribution in [2.24, 2.45) is 35.5 Å². The first-order chi connectivity index (χ1) is 11.2. The zero-order chi connectivity index (χ0) is 16.7. The fraction of sp³-hybridized carbons (Fsp3) is 0.913. The normalized spacial score (nSPS) is 30.9. The molecule has 2 fully saturated rings. The monoisotopic (exact) mass is 318 g/mol. The average molecular weight is 319 g/mol. The van der Waals surface area contributed by atoms with Crippen LogP contribution in [0.25, 0.3) is 0 Å². The molecule has 0 spiro atoms. The van der Waals surface area contributed by atoms with Gasteiger partial charge in [0.2, 0.25) is 0 Å². The van der Waals surface area contributed by atoms with E-state index in [1.165, 1.54) is 51.4 Å². The highest BCUT2D eigenvalue weighted by Crippen LogP contribution is 2.54. The van der Waals surface area contributed by atoms with Crippen molar-refractivity contribution in [3.05, 3.63) is 12.2 Å². The predicted octanol–water partition coefficient (Wildman–Crippen LogP) is 7.64. The van der Waals surface area contributed by atoms with Gasteiger partial charge in [0.15, 0.2) is 0 Å². The molecule has 0 heterocycles. The summed E-state index contributed by atoms with van der Waals surface area (Å²) in [6.07, 6.45) is 20.7. The maximum atomic E-state index is 2.57. The van der Waals surface area contributed by atoms with Gasteiger partial charge in [-0.05, 0) is 68.1 Å². The first kappa shape index (κ1) is 19.1. The van der Waals surface area contributed by atoms with Gasteiger partial charge < -0.3 is 0 Å². The van der Waals surface area contributed by atoms with E-state index in [-0.39, 0.29) is 0 Å². The van der Waals surface area contributed by atoms with E-state index < -0.39 is 0 Å². The Labute approximate surface area is 146 Å². The molecule has 134 valence electrons. The lowest BCUT2D eigenvalue weighted by Gasteiger charge is -2.45. The third-order valence-corrected chi connectivity index (χ3v) is 7.19. The summed E-state index contributed by atoms with van der Waals surface area (Å²) < 4.78 is 0. The Bertz CT molecular complexity index is 342. The lowest BCUT2D eigenvalue weighted by Crippen LogP contribution is -2.37. The molecule has 6 atom stereocenters. The van der Waals surface area contributed by atoms with Gasteiger partial charge in [-0.1, -0.05) is 77.9 Å². The van der Waals surface area contributed by atoms with Crippen LogP contribution in [-0.4, -0.2) is 0 Å². The largest absolute Gasteiger partial charge is 0.0917 e. The van der Waals surface area contributed by atoms with Crippen molar-refractivity contribution in [3.63, 3.8) is 0 Å². The molecule has 0 aromatic heterocycles. The number of hydrogen-bond donors (Lipinski definition) is 0. The Balaban J connectivity index is 1.59. The molecule has 0 aromatic rings. The molecule has 2 aliphatic carbocycles. The molecule has 0 nitrogen and oxygen atoms in total. The summed E-state index contributed by atoms with van der Waals surface area (Å²) in [6, 6.07) is 0. The van der Waals surface area contributed by atoms with Crippen molar-refractivity contribution in [2.75, 3.05) is 0 Å². The standard InChI is InChI=1S/C23H42/c1-5-7-11-18(3)12-8-9-13-20(6-2)16-19(4)23-17-21-14-10-15-22(21)23/h5,7,18-23H,6,8-17H2,1-4H3/b7-5-. The van der Waals surface area contributed by atoms with Gasteiger partial charge in [0, 0.05) is 0 Å². The van der Waals surface area contributed by atoms with Crippen LogP contribution in [0.5, 0.6) is 0 Å². The molecule has 0 saturated heterocycles. The van der Waals surface area contributed by atoms with Crippen molar-refractivity contribution in [2.45, 2.75) is 98.3 Å². The van der Waals surface area contributed by atoms with Crippen LogP contribution >= 0.6 is 0 Å². The fourth-order valence-corrected chi connectivity index (χ4v) is 5.51. The minimum absolute atomic E-state index is 0.875. The third kappa shape index (κ3) is 5.64. The topological polar surface area (TPSA) is 0 Å². The molecule has 0 aromatic carbocycles. The molecule has 0 radical (unpaired) electrons. The molecular formula is C23H42. The Kier molecular flexibility index (Phi) is 8.21. The van der Waals surface area contributed by atoms with E-state index in [2.05, 4.69) is 39.8 Å². The minimum Gasteiger partial charge on any atom is -0.0917 e. The van der Waals surface area contributed by atoms with E-state index in [1.54, 1.807) is 19.3 Å². The lowest BCUT2D eigenvalue weighted by atomic mass is 9.60. The third-order valence-electron chi connectivity index (χ3n) is 7.19. The number of fused-ring (bicyclic) bond motifs is 1. The van der Waals surface area contributed by atoms with Crippen molar-refractivity contribution < 1.29 is 0 Å². The molecule has 6 unspecified atom stereocenters. The van der Waals surface area contributed by atoms with E-state index in [4.69, 9.17) is 0 Å². The summed E-state index contributed by atoms with van der Waals surface area (Å²) in [5.74, 6) is 6.23. The van der Waals surface area contributed by atoms with E-state index in [9.17, 15) is 0 Å². The van der Waals surface area contributed by atoms with Gasteiger partial charge in [0.1, 0.15) is 0 Å². The Morgan fingerprint density at radius 3 is 2.57 bits per heavy atom. The van der Waals surface area contributed by atoms with Crippen LogP contribution in [0.1, 0.15) is 98.3 Å². The van der Waals surface area contributed by atoms with Gasteiger partial charge in [-0.3, -0.25) is 0 Å². The average Bonchev–Trinajstić information content (AvgIpc) is 2.88. The molecule has 0 N–H and O–H groups in total.